The molecule has 0 aromatic heterocycles. The highest BCUT2D eigenvalue weighted by atomic mass is 16.6. The van der Waals surface area contributed by atoms with Crippen LogP contribution in [0.2, 0.25) is 0 Å². The average molecular weight is 874 g/mol. The number of benzene rings is 1. The first-order valence-electron chi connectivity index (χ1n) is 22.4. The molecule has 1 heterocycles. The molecule has 1 aromatic carbocycles. The smallest absolute Gasteiger partial charge is 0.329 e. The summed E-state index contributed by atoms with van der Waals surface area (Å²) in [6.45, 7) is 19.5. The fraction of sp³-hybridized carbons (Fsp3) is 0.745. The Morgan fingerprint density at radius 2 is 1.53 bits per heavy atom. The van der Waals surface area contributed by atoms with Gasteiger partial charge in [-0.05, 0) is 76.9 Å². The molecule has 15 heteroatoms. The summed E-state index contributed by atoms with van der Waals surface area (Å²) in [6.07, 6.45) is 1.18. The van der Waals surface area contributed by atoms with Crippen LogP contribution >= 0.6 is 0 Å². The second kappa shape index (κ2) is 25.3. The molecular weight excluding hydrogens is 795 g/mol. The van der Waals surface area contributed by atoms with E-state index in [1.54, 1.807) is 51.6 Å². The van der Waals surface area contributed by atoms with Gasteiger partial charge in [0.05, 0.1) is 42.7 Å². The molecule has 0 spiro atoms. The van der Waals surface area contributed by atoms with Crippen LogP contribution in [0, 0.1) is 23.7 Å². The summed E-state index contributed by atoms with van der Waals surface area (Å²) in [6, 6.07) is 6.03. The van der Waals surface area contributed by atoms with E-state index in [0.29, 0.717) is 38.8 Å². The van der Waals surface area contributed by atoms with E-state index in [1.807, 2.05) is 76.8 Å². The summed E-state index contributed by atoms with van der Waals surface area (Å²) in [7, 11) is 6.53. The zero-order chi connectivity index (χ0) is 47.1. The van der Waals surface area contributed by atoms with Crippen molar-refractivity contribution in [2.75, 3.05) is 41.4 Å². The molecule has 8 unspecified atom stereocenters. The van der Waals surface area contributed by atoms with Crippen molar-refractivity contribution in [2.45, 2.75) is 162 Å². The van der Waals surface area contributed by atoms with Crippen LogP contribution in [-0.2, 0) is 49.4 Å². The maximum atomic E-state index is 14.5. The second-order valence-corrected chi connectivity index (χ2v) is 18.8. The number of likely N-dealkylation sites (N-methyl/N-ethyl adjacent to an activating group) is 2. The monoisotopic (exact) mass is 874 g/mol. The van der Waals surface area contributed by atoms with Gasteiger partial charge in [-0.25, -0.2) is 4.79 Å². The minimum Gasteiger partial charge on any atom is -0.481 e. The number of esters is 1. The SMILES string of the molecule is CCC(C)C(C(CC(=O)N1CCC[C@H]1C(OC)C(C)C(=O)NC(Cc1ccccc1)C(=O)OC(C)(C)C)OC)N(C)C(=O)C(NC(=O)C(C(C)C)N(C)CCCC(=O)O)C(C)C. The first kappa shape index (κ1) is 54.1. The van der Waals surface area contributed by atoms with Crippen molar-refractivity contribution in [1.82, 2.24) is 25.3 Å². The van der Waals surface area contributed by atoms with Crippen LogP contribution in [0.1, 0.15) is 113 Å². The van der Waals surface area contributed by atoms with Gasteiger partial charge in [0, 0.05) is 40.7 Å². The fourth-order valence-corrected chi connectivity index (χ4v) is 8.63. The third kappa shape index (κ3) is 15.9. The Hall–Kier alpha value is -4.08. The van der Waals surface area contributed by atoms with Gasteiger partial charge in [0.1, 0.15) is 17.7 Å². The molecule has 3 N–H and O–H groups in total. The number of likely N-dealkylation sites (tertiary alicyclic amines) is 1. The van der Waals surface area contributed by atoms with Gasteiger partial charge >= 0.3 is 11.9 Å². The van der Waals surface area contributed by atoms with Crippen LogP contribution in [0.15, 0.2) is 30.3 Å². The summed E-state index contributed by atoms with van der Waals surface area (Å²) in [4.78, 5) is 86.3. The molecule has 2 rings (SSSR count). The van der Waals surface area contributed by atoms with Crippen LogP contribution in [0.4, 0.5) is 0 Å². The van der Waals surface area contributed by atoms with Gasteiger partial charge in [0.2, 0.25) is 23.6 Å². The number of hydrogen-bond donors (Lipinski definition) is 3. The topological polar surface area (TPSA) is 184 Å². The predicted octanol–water partition coefficient (Wildman–Crippen LogP) is 4.94. The molecule has 15 nitrogen and oxygen atoms in total. The van der Waals surface area contributed by atoms with E-state index in [-0.39, 0.29) is 54.7 Å². The van der Waals surface area contributed by atoms with Crippen molar-refractivity contribution in [1.29, 1.82) is 0 Å². The third-order valence-corrected chi connectivity index (χ3v) is 12.1. The molecule has 0 saturated carbocycles. The van der Waals surface area contributed by atoms with Crippen LogP contribution < -0.4 is 10.6 Å². The molecule has 62 heavy (non-hydrogen) atoms. The number of carboxylic acid groups (broad SMARTS) is 1. The van der Waals surface area contributed by atoms with Gasteiger partial charge < -0.3 is 39.8 Å². The largest absolute Gasteiger partial charge is 0.481 e. The third-order valence-electron chi connectivity index (χ3n) is 12.1. The number of methoxy groups -OCH3 is 2. The number of rotatable bonds is 25. The number of aliphatic carboxylic acids is 1. The maximum absolute atomic E-state index is 14.5. The normalized spacial score (nSPS) is 18.3. The van der Waals surface area contributed by atoms with E-state index in [2.05, 4.69) is 10.6 Å². The van der Waals surface area contributed by atoms with E-state index in [0.717, 1.165) is 5.56 Å². The summed E-state index contributed by atoms with van der Waals surface area (Å²) in [5.74, 6) is -3.87. The van der Waals surface area contributed by atoms with Gasteiger partial charge in [-0.1, -0.05) is 85.2 Å². The molecule has 1 aliphatic rings. The Bertz CT molecular complexity index is 1600. The van der Waals surface area contributed by atoms with Gasteiger partial charge in [0.15, 0.2) is 0 Å². The maximum Gasteiger partial charge on any atom is 0.329 e. The lowest BCUT2D eigenvalue weighted by Crippen LogP contribution is -2.60. The molecule has 0 bridgehead atoms. The number of carbonyl (C=O) groups is 6. The number of carbonyl (C=O) groups excluding carboxylic acids is 5. The molecule has 0 aliphatic carbocycles. The predicted molar refractivity (Wildman–Crippen MR) is 239 cm³/mol. The highest BCUT2D eigenvalue weighted by Crippen LogP contribution is 2.30. The zero-order valence-electron chi connectivity index (χ0n) is 40.1. The van der Waals surface area contributed by atoms with Gasteiger partial charge in [-0.2, -0.15) is 0 Å². The number of nitrogens with one attached hydrogen (secondary N) is 2. The molecule has 4 amide bonds. The number of amides is 4. The Morgan fingerprint density at radius 3 is 2.05 bits per heavy atom. The molecule has 0 radical (unpaired) electrons. The van der Waals surface area contributed by atoms with E-state index in [1.165, 1.54) is 14.2 Å². The fourth-order valence-electron chi connectivity index (χ4n) is 8.63. The first-order chi connectivity index (χ1) is 29.0. The minimum absolute atomic E-state index is 0.0101. The molecular formula is C47H79N5O10. The Kier molecular flexibility index (Phi) is 22.0. The number of carboxylic acids is 1. The lowest BCUT2D eigenvalue weighted by Gasteiger charge is -2.41. The molecule has 1 fully saturated rings. The molecule has 352 valence electrons. The zero-order valence-corrected chi connectivity index (χ0v) is 40.1. The summed E-state index contributed by atoms with van der Waals surface area (Å²) in [5, 5.41) is 15.1. The first-order valence-corrected chi connectivity index (χ1v) is 22.4. The van der Waals surface area contributed by atoms with E-state index in [9.17, 15) is 28.8 Å². The van der Waals surface area contributed by atoms with Gasteiger partial charge in [-0.15, -0.1) is 0 Å². The molecule has 9 atom stereocenters. The van der Waals surface area contributed by atoms with Gasteiger partial charge in [0.25, 0.3) is 0 Å². The Balaban J connectivity index is 2.31. The molecule has 1 saturated heterocycles. The summed E-state index contributed by atoms with van der Waals surface area (Å²) < 4.78 is 17.7. The van der Waals surface area contributed by atoms with Crippen molar-refractivity contribution in [3.63, 3.8) is 0 Å². The van der Waals surface area contributed by atoms with Crippen molar-refractivity contribution in [3.8, 4) is 0 Å². The van der Waals surface area contributed by atoms with Crippen molar-refractivity contribution < 1.29 is 48.1 Å². The van der Waals surface area contributed by atoms with E-state index >= 15 is 0 Å². The molecule has 1 aliphatic heterocycles. The van der Waals surface area contributed by atoms with Gasteiger partial charge in [-0.3, -0.25) is 28.9 Å². The quantitative estimate of drug-likeness (QED) is 0.113. The summed E-state index contributed by atoms with van der Waals surface area (Å²) in [5.41, 5.74) is 0.104. The van der Waals surface area contributed by atoms with Crippen LogP contribution in [0.3, 0.4) is 0 Å². The van der Waals surface area contributed by atoms with Crippen LogP contribution in [0.25, 0.3) is 0 Å². The Labute approximate surface area is 371 Å². The number of ether oxygens (including phenoxy) is 3. The molecule has 1 aromatic rings. The Morgan fingerprint density at radius 1 is 0.903 bits per heavy atom. The van der Waals surface area contributed by atoms with Crippen molar-refractivity contribution >= 4 is 35.6 Å². The van der Waals surface area contributed by atoms with Crippen molar-refractivity contribution in [3.05, 3.63) is 35.9 Å². The van der Waals surface area contributed by atoms with Crippen molar-refractivity contribution in [2.24, 2.45) is 23.7 Å². The second-order valence-electron chi connectivity index (χ2n) is 18.8. The van der Waals surface area contributed by atoms with Crippen LogP contribution in [-0.4, -0.2) is 145 Å². The lowest BCUT2D eigenvalue weighted by molar-refractivity contribution is -0.159. The number of hydrogen-bond acceptors (Lipinski definition) is 10. The van der Waals surface area contributed by atoms with Crippen LogP contribution in [0.5, 0.6) is 0 Å². The number of nitrogens with zero attached hydrogens (tertiary/aromatic N) is 3. The summed E-state index contributed by atoms with van der Waals surface area (Å²) >= 11 is 0. The van der Waals surface area contributed by atoms with E-state index < -0.39 is 71.8 Å². The lowest BCUT2D eigenvalue weighted by atomic mass is 9.89. The average Bonchev–Trinajstić information content (AvgIpc) is 3.68. The highest BCUT2D eigenvalue weighted by Gasteiger charge is 2.44. The highest BCUT2D eigenvalue weighted by molar-refractivity contribution is 5.90. The standard InChI is InChI=1S/C47H79N5O10/c1-15-31(6)41(51(12)45(58)39(29(2)3)49-44(57)40(30(4)5)50(11)25-20-24-38(54)55)36(60-13)28-37(53)52-26-19-23-35(52)42(61-14)32(7)43(56)48-34(46(59)62-47(8,9)10)27-33-21-17-16-18-22-33/h16-18,21-22,29-32,34-36,39-42H,15,19-20,23-28H2,1-14H3,(H,48,56)(H,49,57)(H,54,55)/t31?,32?,34?,35-,36?,39?,40?,41?,42?/m0/s1. The minimum atomic E-state index is -0.943. The van der Waals surface area contributed by atoms with E-state index in [4.69, 9.17) is 19.3 Å².